The Labute approximate surface area is 236 Å². The summed E-state index contributed by atoms with van der Waals surface area (Å²) < 4.78 is 0. The van der Waals surface area contributed by atoms with Crippen LogP contribution in [-0.2, 0) is 6.42 Å². The van der Waals surface area contributed by atoms with Crippen molar-refractivity contribution in [2.45, 2.75) is 44.6 Å². The molecule has 1 spiro atoms. The van der Waals surface area contributed by atoms with E-state index >= 15 is 0 Å². The Balaban J connectivity index is 0.00000277. The van der Waals surface area contributed by atoms with Crippen LogP contribution in [0.4, 0.5) is 0 Å². The summed E-state index contributed by atoms with van der Waals surface area (Å²) in [5.74, 6) is 0.505. The van der Waals surface area contributed by atoms with Crippen molar-refractivity contribution in [2.24, 2.45) is 5.41 Å². The lowest BCUT2D eigenvalue weighted by Crippen LogP contribution is -2.55. The maximum atomic E-state index is 14.0. The van der Waals surface area contributed by atoms with Crippen LogP contribution < -0.4 is 0 Å². The van der Waals surface area contributed by atoms with Gasteiger partial charge in [0, 0.05) is 36.7 Å². The van der Waals surface area contributed by atoms with Crippen molar-refractivity contribution >= 4 is 45.6 Å². The van der Waals surface area contributed by atoms with Crippen molar-refractivity contribution in [3.05, 3.63) is 95.6 Å². The zero-order chi connectivity index (χ0) is 25.7. The normalized spacial score (nSPS) is 22.2. The van der Waals surface area contributed by atoms with Crippen molar-refractivity contribution < 1.29 is 9.59 Å². The number of carbonyl (C=O) groups excluding carboxylic acids is 2. The molecular weight excluding hydrogens is 504 g/mol. The first-order valence-electron chi connectivity index (χ1n) is 14.2. The molecule has 4 aromatic rings. The molecule has 2 saturated heterocycles. The van der Waals surface area contributed by atoms with Crippen LogP contribution in [0, 0.1) is 5.41 Å². The predicted octanol–water partition coefficient (Wildman–Crippen LogP) is 6.93. The molecule has 0 bridgehead atoms. The number of carbonyl (C=O) groups is 2. The summed E-state index contributed by atoms with van der Waals surface area (Å²) in [6, 6.07) is 27.3. The molecular formula is C34H35ClN2O2. The van der Waals surface area contributed by atoms with Gasteiger partial charge in [0.2, 0.25) is 0 Å². The number of hydrogen-bond donors (Lipinski definition) is 0. The van der Waals surface area contributed by atoms with E-state index in [0.29, 0.717) is 11.8 Å². The van der Waals surface area contributed by atoms with Gasteiger partial charge in [0.25, 0.3) is 5.91 Å². The van der Waals surface area contributed by atoms with Gasteiger partial charge >= 0.3 is 0 Å². The van der Waals surface area contributed by atoms with Crippen molar-refractivity contribution in [3.8, 4) is 0 Å². The van der Waals surface area contributed by atoms with Gasteiger partial charge in [-0.25, -0.2) is 0 Å². The van der Waals surface area contributed by atoms with Gasteiger partial charge in [-0.05, 0) is 78.2 Å². The molecule has 1 atom stereocenters. The first-order valence-corrected chi connectivity index (χ1v) is 14.2. The van der Waals surface area contributed by atoms with Crippen LogP contribution in [0.2, 0.25) is 0 Å². The molecule has 5 heteroatoms. The molecule has 0 aromatic heterocycles. The van der Waals surface area contributed by atoms with Crippen LogP contribution in [-0.4, -0.2) is 53.7 Å². The topological polar surface area (TPSA) is 40.6 Å². The van der Waals surface area contributed by atoms with E-state index in [2.05, 4.69) is 46.2 Å². The Bertz CT molecular complexity index is 1500. The Morgan fingerprint density at radius 1 is 0.795 bits per heavy atom. The number of Topliss-reactive ketones (excluding diaryl/α,β-unsaturated/α-hetero) is 1. The quantitative estimate of drug-likeness (QED) is 0.260. The molecule has 39 heavy (non-hydrogen) atoms. The average molecular weight is 539 g/mol. The van der Waals surface area contributed by atoms with E-state index in [4.69, 9.17) is 0 Å². The minimum atomic E-state index is -0.235. The summed E-state index contributed by atoms with van der Waals surface area (Å²) in [4.78, 5) is 32.3. The van der Waals surface area contributed by atoms with Crippen LogP contribution >= 0.6 is 12.4 Å². The van der Waals surface area contributed by atoms with Crippen molar-refractivity contribution in [1.29, 1.82) is 0 Å². The lowest BCUT2D eigenvalue weighted by Gasteiger charge is -2.48. The Morgan fingerprint density at radius 2 is 1.44 bits per heavy atom. The van der Waals surface area contributed by atoms with Gasteiger partial charge in [0.1, 0.15) is 0 Å². The Morgan fingerprint density at radius 3 is 2.15 bits per heavy atom. The second kappa shape index (κ2) is 10.4. The fourth-order valence-corrected chi connectivity index (χ4v) is 7.44. The number of ketones is 1. The zero-order valence-electron chi connectivity index (χ0n) is 22.3. The Hall–Kier alpha value is -3.21. The number of piperidine rings is 2. The smallest absolute Gasteiger partial charge is 0.255 e. The second-order valence-electron chi connectivity index (χ2n) is 11.6. The summed E-state index contributed by atoms with van der Waals surface area (Å²) >= 11 is 0. The molecule has 0 radical (unpaired) electrons. The van der Waals surface area contributed by atoms with Gasteiger partial charge in [-0.3, -0.25) is 14.5 Å². The van der Waals surface area contributed by atoms with E-state index in [-0.39, 0.29) is 23.7 Å². The van der Waals surface area contributed by atoms with Gasteiger partial charge in [0.05, 0.1) is 5.56 Å². The number of benzene rings is 4. The average Bonchev–Trinajstić information content (AvgIpc) is 2.98. The van der Waals surface area contributed by atoms with E-state index in [1.165, 1.54) is 5.56 Å². The summed E-state index contributed by atoms with van der Waals surface area (Å²) in [6.45, 7) is 3.46. The van der Waals surface area contributed by atoms with Gasteiger partial charge in [-0.1, -0.05) is 72.8 Å². The SMILES string of the molecule is Cl.O=C(c1c2ccccc2cc2ccccc12)N1CCC(N2CCCC3(CCc4ccccc4C3=O)C2)CC1. The predicted molar refractivity (Wildman–Crippen MR) is 160 cm³/mol. The highest BCUT2D eigenvalue weighted by Crippen LogP contribution is 2.43. The number of fused-ring (bicyclic) bond motifs is 3. The van der Waals surface area contributed by atoms with Crippen molar-refractivity contribution in [1.82, 2.24) is 9.80 Å². The van der Waals surface area contributed by atoms with Crippen molar-refractivity contribution in [3.63, 3.8) is 0 Å². The minimum absolute atomic E-state index is 0. The molecule has 2 heterocycles. The van der Waals surface area contributed by atoms with Crippen LogP contribution in [0.25, 0.3) is 21.5 Å². The van der Waals surface area contributed by atoms with E-state index < -0.39 is 0 Å². The van der Waals surface area contributed by atoms with Gasteiger partial charge < -0.3 is 4.90 Å². The number of aryl methyl sites for hydroxylation is 1. The van der Waals surface area contributed by atoms with Crippen LogP contribution in [0.1, 0.15) is 58.4 Å². The number of nitrogens with zero attached hydrogens (tertiary/aromatic N) is 2. The monoisotopic (exact) mass is 538 g/mol. The van der Waals surface area contributed by atoms with Crippen LogP contribution in [0.15, 0.2) is 78.9 Å². The highest BCUT2D eigenvalue weighted by atomic mass is 35.5. The second-order valence-corrected chi connectivity index (χ2v) is 11.6. The molecule has 200 valence electrons. The van der Waals surface area contributed by atoms with E-state index in [1.807, 2.05) is 42.5 Å². The molecule has 1 amide bonds. The molecule has 0 N–H and O–H groups in total. The highest BCUT2D eigenvalue weighted by molar-refractivity contribution is 6.18. The fourth-order valence-electron chi connectivity index (χ4n) is 7.44. The van der Waals surface area contributed by atoms with Crippen LogP contribution in [0.5, 0.6) is 0 Å². The lowest BCUT2D eigenvalue weighted by atomic mass is 9.66. The maximum Gasteiger partial charge on any atom is 0.255 e. The fraction of sp³-hybridized carbons (Fsp3) is 0.353. The summed E-state index contributed by atoms with van der Waals surface area (Å²) in [7, 11) is 0. The molecule has 4 nitrogen and oxygen atoms in total. The van der Waals surface area contributed by atoms with E-state index in [9.17, 15) is 9.59 Å². The molecule has 7 rings (SSSR count). The third kappa shape index (κ3) is 4.44. The minimum Gasteiger partial charge on any atom is -0.338 e. The molecule has 2 fully saturated rings. The summed E-state index contributed by atoms with van der Waals surface area (Å²) in [5.41, 5.74) is 2.76. The molecule has 2 aliphatic heterocycles. The van der Waals surface area contributed by atoms with E-state index in [0.717, 1.165) is 97.4 Å². The Kier molecular flexibility index (Phi) is 6.95. The highest BCUT2D eigenvalue weighted by Gasteiger charge is 2.46. The number of likely N-dealkylation sites (tertiary alicyclic amines) is 2. The molecule has 1 aliphatic carbocycles. The third-order valence-electron chi connectivity index (χ3n) is 9.48. The maximum absolute atomic E-state index is 14.0. The molecule has 1 unspecified atom stereocenters. The number of amides is 1. The van der Waals surface area contributed by atoms with Gasteiger partial charge in [-0.2, -0.15) is 0 Å². The van der Waals surface area contributed by atoms with Crippen LogP contribution in [0.3, 0.4) is 0 Å². The molecule has 4 aromatic carbocycles. The third-order valence-corrected chi connectivity index (χ3v) is 9.48. The van der Waals surface area contributed by atoms with Gasteiger partial charge in [0.15, 0.2) is 5.78 Å². The largest absolute Gasteiger partial charge is 0.338 e. The number of hydrogen-bond acceptors (Lipinski definition) is 3. The summed E-state index contributed by atoms with van der Waals surface area (Å²) in [6.07, 6.45) is 5.98. The van der Waals surface area contributed by atoms with Gasteiger partial charge in [-0.15, -0.1) is 12.4 Å². The number of halogens is 1. The number of rotatable bonds is 2. The molecule has 0 saturated carbocycles. The first kappa shape index (κ1) is 26.0. The summed E-state index contributed by atoms with van der Waals surface area (Å²) in [5, 5.41) is 4.29. The first-order chi connectivity index (χ1) is 18.6. The lowest BCUT2D eigenvalue weighted by molar-refractivity contribution is 0.0214. The standard InChI is InChI=1S/C34H34N2O2.ClH/c37-32-30-13-6-1-8-24(30)14-18-34(32)17-7-19-36(23-34)27-15-20-35(21-16-27)33(38)31-28-11-4-2-9-25(28)22-26-10-3-5-12-29(26)31;/h1-6,8-13,22,27H,7,14-21,23H2;1H. The van der Waals surface area contributed by atoms with Crippen molar-refractivity contribution in [2.75, 3.05) is 26.2 Å². The molecule has 3 aliphatic rings. The zero-order valence-corrected chi connectivity index (χ0v) is 23.1. The van der Waals surface area contributed by atoms with E-state index in [1.54, 1.807) is 0 Å².